The maximum atomic E-state index is 13.4. The largest absolute Gasteiger partial charge is 0.388 e. The number of ether oxygens (including phenoxy) is 1. The van der Waals surface area contributed by atoms with E-state index < -0.39 is 30.6 Å². The Balaban J connectivity index is 1.33. The van der Waals surface area contributed by atoms with Crippen molar-refractivity contribution >= 4 is 5.91 Å². The monoisotopic (exact) mass is 475 g/mol. The summed E-state index contributed by atoms with van der Waals surface area (Å²) in [6, 6.07) is 1.16. The Kier molecular flexibility index (Phi) is 5.35. The van der Waals surface area contributed by atoms with Crippen LogP contribution in [0.3, 0.4) is 0 Å². The van der Waals surface area contributed by atoms with Crippen LogP contribution in [0.25, 0.3) is 0 Å². The van der Waals surface area contributed by atoms with Crippen molar-refractivity contribution in [3.8, 4) is 0 Å². The molecule has 4 heterocycles. The number of aliphatic hydroxyl groups excluding tert-OH is 3. The zero-order valence-corrected chi connectivity index (χ0v) is 20.1. The average Bonchev–Trinajstić information content (AvgIpc) is 3.51. The molecular formula is C26H41N3O5. The second-order valence-electron chi connectivity index (χ2n) is 12.5. The lowest BCUT2D eigenvalue weighted by Crippen LogP contribution is -2.67. The highest BCUT2D eigenvalue weighted by Gasteiger charge is 2.69. The fourth-order valence-corrected chi connectivity index (χ4v) is 10.0. The second-order valence-corrected chi connectivity index (χ2v) is 12.5. The number of likely N-dealkylation sites (tertiary alicyclic amines) is 1. The summed E-state index contributed by atoms with van der Waals surface area (Å²) < 4.78 is 6.31. The fraction of sp³-hybridized carbons (Fsp3) is 0.962. The number of hydrogen-bond acceptors (Lipinski definition) is 7. The van der Waals surface area contributed by atoms with Crippen LogP contribution in [0.15, 0.2) is 0 Å². The van der Waals surface area contributed by atoms with Crippen molar-refractivity contribution in [3.63, 3.8) is 0 Å². The molecule has 34 heavy (non-hydrogen) atoms. The molecule has 5 N–H and O–H groups in total. The molecule has 0 aromatic carbocycles. The summed E-state index contributed by atoms with van der Waals surface area (Å²) in [6.45, 7) is 2.59. The lowest BCUT2D eigenvalue weighted by molar-refractivity contribution is -0.266. The lowest BCUT2D eigenvalue weighted by Gasteiger charge is -2.51. The molecule has 15 atom stereocenters. The molecule has 7 aliphatic rings. The molecule has 0 bridgehead atoms. The molecule has 0 radical (unpaired) electrons. The molecule has 3 saturated carbocycles. The van der Waals surface area contributed by atoms with E-state index in [1.165, 1.54) is 32.1 Å². The van der Waals surface area contributed by atoms with Crippen LogP contribution in [0.4, 0.5) is 0 Å². The van der Waals surface area contributed by atoms with Gasteiger partial charge >= 0.3 is 0 Å². The van der Waals surface area contributed by atoms with Gasteiger partial charge in [0.2, 0.25) is 5.91 Å². The van der Waals surface area contributed by atoms with Crippen LogP contribution in [-0.2, 0) is 9.53 Å². The van der Waals surface area contributed by atoms with Crippen molar-refractivity contribution < 1.29 is 24.9 Å². The number of amides is 1. The predicted molar refractivity (Wildman–Crippen MR) is 123 cm³/mol. The van der Waals surface area contributed by atoms with Crippen molar-refractivity contribution in [1.82, 2.24) is 15.5 Å². The molecule has 7 fully saturated rings. The van der Waals surface area contributed by atoms with Crippen LogP contribution in [0.1, 0.15) is 58.3 Å². The Bertz CT molecular complexity index is 828. The lowest BCUT2D eigenvalue weighted by atomic mass is 9.57. The van der Waals surface area contributed by atoms with Gasteiger partial charge in [-0.25, -0.2) is 0 Å². The number of nitrogens with zero attached hydrogens (tertiary/aromatic N) is 1. The molecule has 3 aliphatic carbocycles. The third kappa shape index (κ3) is 2.96. The fourth-order valence-electron chi connectivity index (χ4n) is 10.0. The number of nitrogens with one attached hydrogen (secondary N) is 2. The van der Waals surface area contributed by atoms with Gasteiger partial charge in [0, 0.05) is 36.6 Å². The first-order valence-electron chi connectivity index (χ1n) is 14.0. The van der Waals surface area contributed by atoms with Crippen LogP contribution in [0.2, 0.25) is 0 Å². The third-order valence-electron chi connectivity index (χ3n) is 11.2. The highest BCUT2D eigenvalue weighted by atomic mass is 16.5. The van der Waals surface area contributed by atoms with Gasteiger partial charge in [0.05, 0.1) is 6.10 Å². The van der Waals surface area contributed by atoms with Crippen LogP contribution in [0.5, 0.6) is 0 Å². The van der Waals surface area contributed by atoms with E-state index in [1.54, 1.807) is 6.92 Å². The molecule has 4 aliphatic heterocycles. The number of rotatable bonds is 1. The van der Waals surface area contributed by atoms with E-state index in [4.69, 9.17) is 4.74 Å². The van der Waals surface area contributed by atoms with E-state index >= 15 is 0 Å². The first kappa shape index (κ1) is 22.4. The van der Waals surface area contributed by atoms with Crippen LogP contribution in [0, 0.1) is 35.5 Å². The SMILES string of the molecule is C[C@@H]1O[C@@H](N2C3CCCCC3C3C4C(=O)NCC4C4C5CCCCC5NC4C32)[C@H](O)[C@H](O)[C@H]1O. The zero-order valence-electron chi connectivity index (χ0n) is 20.1. The van der Waals surface area contributed by atoms with Gasteiger partial charge in [-0.05, 0) is 62.2 Å². The molecule has 7 rings (SSSR count). The predicted octanol–water partition coefficient (Wildman–Crippen LogP) is 0.196. The Morgan fingerprint density at radius 3 is 2.44 bits per heavy atom. The second kappa shape index (κ2) is 8.12. The zero-order chi connectivity index (χ0) is 23.3. The first-order valence-corrected chi connectivity index (χ1v) is 14.0. The van der Waals surface area contributed by atoms with Crippen molar-refractivity contribution in [2.24, 2.45) is 35.5 Å². The van der Waals surface area contributed by atoms with E-state index in [2.05, 4.69) is 15.5 Å². The number of carbonyl (C=O) groups is 1. The maximum Gasteiger partial charge on any atom is 0.223 e. The topological polar surface area (TPSA) is 114 Å². The molecule has 8 nitrogen and oxygen atoms in total. The molecule has 0 spiro atoms. The first-order chi connectivity index (χ1) is 16.5. The number of carbonyl (C=O) groups excluding carboxylic acids is 1. The van der Waals surface area contributed by atoms with Gasteiger partial charge in [-0.1, -0.05) is 25.7 Å². The minimum Gasteiger partial charge on any atom is -0.388 e. The Hall–Kier alpha value is -0.770. The van der Waals surface area contributed by atoms with E-state index in [0.717, 1.165) is 25.8 Å². The number of hydrogen-bond donors (Lipinski definition) is 5. The summed E-state index contributed by atoms with van der Waals surface area (Å²) in [4.78, 5) is 15.8. The van der Waals surface area contributed by atoms with Crippen LogP contribution < -0.4 is 10.6 Å². The quantitative estimate of drug-likeness (QED) is 0.368. The van der Waals surface area contributed by atoms with Gasteiger partial charge in [0.1, 0.15) is 24.5 Å². The standard InChI is InChI=1S/C26H41N3O5/c1-11-22(30)23(31)24(32)26(34-11)29-16-9-5-3-7-13(16)18-19-14(10-27-25(19)33)17-12-6-2-4-8-15(12)28-20(17)21(18)29/h11-24,26,28,30-32H,2-10H2,1H3,(H,27,33)/t11-,12?,13?,14?,15?,16?,17?,18?,19?,20?,21?,22-,23+,24+,26+/m0/s1. The minimum absolute atomic E-state index is 0.0398. The van der Waals surface area contributed by atoms with E-state index in [1.807, 2.05) is 0 Å². The Labute approximate surface area is 201 Å². The van der Waals surface area contributed by atoms with Crippen LogP contribution >= 0.6 is 0 Å². The summed E-state index contributed by atoms with van der Waals surface area (Å²) in [7, 11) is 0. The molecule has 8 heteroatoms. The Morgan fingerprint density at radius 1 is 0.882 bits per heavy atom. The van der Waals surface area contributed by atoms with Gasteiger partial charge in [0.15, 0.2) is 0 Å². The van der Waals surface area contributed by atoms with Gasteiger partial charge in [-0.2, -0.15) is 0 Å². The van der Waals surface area contributed by atoms with Gasteiger partial charge in [-0.15, -0.1) is 0 Å². The molecule has 190 valence electrons. The summed E-state index contributed by atoms with van der Waals surface area (Å²) in [5.41, 5.74) is 0. The molecular weight excluding hydrogens is 434 g/mol. The highest BCUT2D eigenvalue weighted by molar-refractivity contribution is 5.82. The third-order valence-corrected chi connectivity index (χ3v) is 11.2. The summed E-state index contributed by atoms with van der Waals surface area (Å²) in [5, 5.41) is 39.6. The molecule has 0 aromatic rings. The average molecular weight is 476 g/mol. The van der Waals surface area contributed by atoms with Crippen molar-refractivity contribution in [2.45, 2.75) is 113 Å². The highest BCUT2D eigenvalue weighted by Crippen LogP contribution is 2.60. The minimum atomic E-state index is -1.23. The maximum absolute atomic E-state index is 13.4. The molecule has 4 saturated heterocycles. The van der Waals surface area contributed by atoms with Crippen LogP contribution in [-0.4, -0.2) is 87.5 Å². The number of aliphatic hydroxyl groups is 3. The normalized spacial score (nSPS) is 58.9. The smallest absolute Gasteiger partial charge is 0.223 e. The van der Waals surface area contributed by atoms with E-state index in [-0.39, 0.29) is 35.9 Å². The van der Waals surface area contributed by atoms with Crippen molar-refractivity contribution in [2.75, 3.05) is 6.54 Å². The summed E-state index contributed by atoms with van der Waals surface area (Å²) >= 11 is 0. The van der Waals surface area contributed by atoms with Crippen molar-refractivity contribution in [1.29, 1.82) is 0 Å². The van der Waals surface area contributed by atoms with Gasteiger partial charge in [-0.3, -0.25) is 9.69 Å². The van der Waals surface area contributed by atoms with Gasteiger partial charge < -0.3 is 30.7 Å². The molecule has 0 aromatic heterocycles. The summed E-state index contributed by atoms with van der Waals surface area (Å²) in [5.74, 6) is 2.42. The number of fused-ring (bicyclic) bond motifs is 10. The molecule has 10 unspecified atom stereocenters. The Morgan fingerprint density at radius 2 is 1.62 bits per heavy atom. The summed E-state index contributed by atoms with van der Waals surface area (Å²) in [6.07, 6.45) is 4.82. The molecule has 1 amide bonds. The van der Waals surface area contributed by atoms with Crippen molar-refractivity contribution in [3.05, 3.63) is 0 Å². The van der Waals surface area contributed by atoms with E-state index in [9.17, 15) is 20.1 Å². The van der Waals surface area contributed by atoms with Gasteiger partial charge in [0.25, 0.3) is 0 Å². The van der Waals surface area contributed by atoms with E-state index in [0.29, 0.717) is 29.7 Å².